The van der Waals surface area contributed by atoms with Gasteiger partial charge in [-0.15, -0.1) is 6.58 Å². The Labute approximate surface area is 96.5 Å². The molecule has 4 heteroatoms. The van der Waals surface area contributed by atoms with Gasteiger partial charge in [0.1, 0.15) is 5.84 Å². The second-order valence-electron chi connectivity index (χ2n) is 4.05. The summed E-state index contributed by atoms with van der Waals surface area (Å²) in [5.41, 5.74) is 0. The van der Waals surface area contributed by atoms with E-state index in [0.29, 0.717) is 11.8 Å². The molecule has 3 atom stereocenters. The van der Waals surface area contributed by atoms with Crippen LogP contribution in [-0.2, 0) is 0 Å². The van der Waals surface area contributed by atoms with Crippen molar-refractivity contribution in [2.45, 2.75) is 13.8 Å². The SMILES string of the molecule is C=CC.CC(=NC#N)N1C[C@@H]2C(C#N)[C@@H]2C1. The molecular weight excluding hydrogens is 200 g/mol. The standard InChI is InChI=1S/C9H10N4.C3H6/c1-6(12-5-11)13-3-8-7(2-10)9(8)4-13;1-3-2/h7-9H,3-4H2,1H3;3H,1H2,2H3/t7?,8-,9+;. The maximum Gasteiger partial charge on any atom is 0.207 e. The Morgan fingerprint density at radius 3 is 2.31 bits per heavy atom. The van der Waals surface area contributed by atoms with Gasteiger partial charge in [-0.3, -0.25) is 0 Å². The lowest BCUT2D eigenvalue weighted by molar-refractivity contribution is 0.440. The van der Waals surface area contributed by atoms with Crippen molar-refractivity contribution in [1.29, 1.82) is 10.5 Å². The first-order valence-corrected chi connectivity index (χ1v) is 5.34. The third-order valence-corrected chi connectivity index (χ3v) is 3.01. The van der Waals surface area contributed by atoms with Gasteiger partial charge in [0.2, 0.25) is 6.19 Å². The van der Waals surface area contributed by atoms with E-state index < -0.39 is 0 Å². The lowest BCUT2D eigenvalue weighted by Gasteiger charge is -2.18. The van der Waals surface area contributed by atoms with Crippen molar-refractivity contribution in [1.82, 2.24) is 4.90 Å². The van der Waals surface area contributed by atoms with Gasteiger partial charge in [-0.05, 0) is 25.7 Å². The fraction of sp³-hybridized carbons (Fsp3) is 0.583. The zero-order valence-corrected chi connectivity index (χ0v) is 9.72. The highest BCUT2D eigenvalue weighted by molar-refractivity contribution is 5.81. The maximum absolute atomic E-state index is 8.69. The molecule has 0 aromatic heterocycles. The summed E-state index contributed by atoms with van der Waals surface area (Å²) in [6.45, 7) is 8.90. The van der Waals surface area contributed by atoms with Crippen molar-refractivity contribution in [3.63, 3.8) is 0 Å². The molecule has 0 spiro atoms. The van der Waals surface area contributed by atoms with E-state index in [1.54, 1.807) is 12.3 Å². The predicted molar refractivity (Wildman–Crippen MR) is 62.2 cm³/mol. The molecule has 2 rings (SSSR count). The molecule has 1 aliphatic carbocycles. The number of likely N-dealkylation sites (tertiary alicyclic amines) is 1. The average Bonchev–Trinajstić information content (AvgIpc) is 2.71. The van der Waals surface area contributed by atoms with Crippen molar-refractivity contribution in [2.75, 3.05) is 13.1 Å². The number of rotatable bonds is 0. The third-order valence-electron chi connectivity index (χ3n) is 3.01. The minimum absolute atomic E-state index is 0.270. The summed E-state index contributed by atoms with van der Waals surface area (Å²) in [6, 6.07) is 2.30. The van der Waals surface area contributed by atoms with Crippen molar-refractivity contribution in [3.8, 4) is 12.3 Å². The average molecular weight is 216 g/mol. The van der Waals surface area contributed by atoms with Crippen LogP contribution in [0, 0.1) is 40.5 Å². The van der Waals surface area contributed by atoms with E-state index in [9.17, 15) is 0 Å². The van der Waals surface area contributed by atoms with Crippen molar-refractivity contribution < 1.29 is 0 Å². The van der Waals surface area contributed by atoms with Crippen LogP contribution in [0.5, 0.6) is 0 Å². The summed E-state index contributed by atoms with van der Waals surface area (Å²) in [6.07, 6.45) is 3.53. The molecule has 0 aromatic carbocycles. The Balaban J connectivity index is 0.000000386. The van der Waals surface area contributed by atoms with Gasteiger partial charge in [-0.1, -0.05) is 6.08 Å². The molecule has 2 fully saturated rings. The summed E-state index contributed by atoms with van der Waals surface area (Å²) < 4.78 is 0. The Bertz CT molecular complexity index is 359. The number of piperidine rings is 1. The molecule has 16 heavy (non-hydrogen) atoms. The molecule has 0 aromatic rings. The fourth-order valence-electron chi connectivity index (χ4n) is 2.13. The number of aliphatic imine (C=N–C) groups is 1. The predicted octanol–water partition coefficient (Wildman–Crippen LogP) is 1.78. The molecule has 0 N–H and O–H groups in total. The van der Waals surface area contributed by atoms with Crippen LogP contribution in [0.25, 0.3) is 0 Å². The first-order chi connectivity index (χ1) is 7.69. The molecule has 0 bridgehead atoms. The van der Waals surface area contributed by atoms with Gasteiger partial charge < -0.3 is 4.90 Å². The van der Waals surface area contributed by atoms with E-state index in [-0.39, 0.29) is 5.92 Å². The lowest BCUT2D eigenvalue weighted by Crippen LogP contribution is -2.29. The Hall–Kier alpha value is -1.81. The maximum atomic E-state index is 8.69. The van der Waals surface area contributed by atoms with Gasteiger partial charge in [0.15, 0.2) is 0 Å². The topological polar surface area (TPSA) is 63.2 Å². The van der Waals surface area contributed by atoms with Crippen LogP contribution in [-0.4, -0.2) is 23.8 Å². The molecule has 0 amide bonds. The highest BCUT2D eigenvalue weighted by Gasteiger charge is 2.56. The van der Waals surface area contributed by atoms with Gasteiger partial charge in [-0.25, -0.2) is 0 Å². The van der Waals surface area contributed by atoms with Crippen LogP contribution in [0.1, 0.15) is 13.8 Å². The summed E-state index contributed by atoms with van der Waals surface area (Å²) in [7, 11) is 0. The Kier molecular flexibility index (Phi) is 4.08. The first-order valence-electron chi connectivity index (χ1n) is 5.34. The third kappa shape index (κ3) is 2.41. The van der Waals surface area contributed by atoms with Gasteiger partial charge in [0.05, 0.1) is 12.0 Å². The number of hydrogen-bond donors (Lipinski definition) is 0. The molecular formula is C12H16N4. The van der Waals surface area contributed by atoms with E-state index in [2.05, 4.69) is 22.5 Å². The second-order valence-corrected chi connectivity index (χ2v) is 4.05. The highest BCUT2D eigenvalue weighted by atomic mass is 15.2. The van der Waals surface area contributed by atoms with E-state index in [4.69, 9.17) is 10.5 Å². The van der Waals surface area contributed by atoms with Crippen LogP contribution in [0.4, 0.5) is 0 Å². The number of hydrogen-bond acceptors (Lipinski definition) is 3. The van der Waals surface area contributed by atoms with Crippen LogP contribution in [0.15, 0.2) is 17.6 Å². The molecule has 0 radical (unpaired) electrons. The van der Waals surface area contributed by atoms with Crippen LogP contribution < -0.4 is 0 Å². The van der Waals surface area contributed by atoms with Gasteiger partial charge in [0, 0.05) is 13.1 Å². The van der Waals surface area contributed by atoms with E-state index in [1.165, 1.54) is 0 Å². The number of fused-ring (bicyclic) bond motifs is 1. The summed E-state index contributed by atoms with van der Waals surface area (Å²) in [4.78, 5) is 5.77. The fourth-order valence-corrected chi connectivity index (χ4v) is 2.13. The van der Waals surface area contributed by atoms with Crippen LogP contribution >= 0.6 is 0 Å². The van der Waals surface area contributed by atoms with Crippen LogP contribution in [0.3, 0.4) is 0 Å². The van der Waals surface area contributed by atoms with Crippen molar-refractivity contribution >= 4 is 5.84 Å². The molecule has 1 heterocycles. The molecule has 2 aliphatic rings. The summed E-state index contributed by atoms with van der Waals surface area (Å²) >= 11 is 0. The summed E-state index contributed by atoms with van der Waals surface area (Å²) in [5.74, 6) is 2.13. The quantitative estimate of drug-likeness (QED) is 0.268. The van der Waals surface area contributed by atoms with Crippen molar-refractivity contribution in [3.05, 3.63) is 12.7 Å². The Morgan fingerprint density at radius 1 is 1.44 bits per heavy atom. The molecule has 1 saturated heterocycles. The second kappa shape index (κ2) is 5.32. The zero-order valence-electron chi connectivity index (χ0n) is 9.72. The lowest BCUT2D eigenvalue weighted by atomic mass is 10.3. The minimum atomic E-state index is 0.270. The smallest absolute Gasteiger partial charge is 0.207 e. The monoisotopic (exact) mass is 216 g/mol. The van der Waals surface area contributed by atoms with E-state index in [1.807, 2.05) is 13.8 Å². The summed E-state index contributed by atoms with van der Waals surface area (Å²) in [5, 5.41) is 17.0. The molecule has 1 unspecified atom stereocenters. The van der Waals surface area contributed by atoms with Gasteiger partial charge in [0.25, 0.3) is 0 Å². The number of nitrogens with zero attached hydrogens (tertiary/aromatic N) is 4. The number of nitriles is 2. The van der Waals surface area contributed by atoms with E-state index >= 15 is 0 Å². The number of allylic oxidation sites excluding steroid dienone is 1. The zero-order chi connectivity index (χ0) is 12.1. The minimum Gasteiger partial charge on any atom is -0.359 e. The molecule has 1 aliphatic heterocycles. The molecule has 4 nitrogen and oxygen atoms in total. The number of amidine groups is 1. The normalized spacial score (nSPS) is 30.4. The van der Waals surface area contributed by atoms with Gasteiger partial charge >= 0.3 is 0 Å². The Morgan fingerprint density at radius 2 is 1.94 bits per heavy atom. The highest BCUT2D eigenvalue weighted by Crippen LogP contribution is 2.51. The van der Waals surface area contributed by atoms with Gasteiger partial charge in [-0.2, -0.15) is 15.5 Å². The molecule has 84 valence electrons. The van der Waals surface area contributed by atoms with Crippen LogP contribution in [0.2, 0.25) is 0 Å². The van der Waals surface area contributed by atoms with E-state index in [0.717, 1.165) is 18.9 Å². The molecule has 1 saturated carbocycles. The first kappa shape index (κ1) is 12.3. The van der Waals surface area contributed by atoms with Crippen molar-refractivity contribution in [2.24, 2.45) is 22.7 Å². The largest absolute Gasteiger partial charge is 0.359 e.